The third-order valence-corrected chi connectivity index (χ3v) is 4.38. The Labute approximate surface area is 124 Å². The molecule has 1 aromatic carbocycles. The number of nitrogens with one attached hydrogen (secondary N) is 1. The van der Waals surface area contributed by atoms with Gasteiger partial charge >= 0.3 is 0 Å². The van der Waals surface area contributed by atoms with E-state index in [2.05, 4.69) is 10.3 Å². The van der Waals surface area contributed by atoms with Crippen LogP contribution in [-0.2, 0) is 4.79 Å². The van der Waals surface area contributed by atoms with Crippen molar-refractivity contribution < 1.29 is 14.3 Å². The van der Waals surface area contributed by atoms with Crippen molar-refractivity contribution in [1.82, 2.24) is 4.98 Å². The van der Waals surface area contributed by atoms with Crippen LogP contribution in [0.15, 0.2) is 12.1 Å². The molecule has 0 fully saturated rings. The first-order valence-corrected chi connectivity index (χ1v) is 8.46. The summed E-state index contributed by atoms with van der Waals surface area (Å²) in [5.74, 6) is 2.27. The highest BCUT2D eigenvalue weighted by molar-refractivity contribution is 7.98. The number of thioether (sulfide) groups is 1. The second-order valence-corrected chi connectivity index (χ2v) is 6.29. The van der Waals surface area contributed by atoms with E-state index in [1.54, 1.807) is 11.8 Å². The van der Waals surface area contributed by atoms with Gasteiger partial charge in [0.1, 0.15) is 13.2 Å². The molecule has 0 radical (unpaired) electrons. The summed E-state index contributed by atoms with van der Waals surface area (Å²) in [5, 5.41) is 3.45. The first-order chi connectivity index (χ1) is 9.76. The molecule has 0 aliphatic carbocycles. The van der Waals surface area contributed by atoms with Gasteiger partial charge < -0.3 is 14.8 Å². The minimum absolute atomic E-state index is 0.00401. The molecule has 1 N–H and O–H groups in total. The molecule has 5 nitrogen and oxygen atoms in total. The van der Waals surface area contributed by atoms with E-state index in [9.17, 15) is 4.79 Å². The zero-order valence-corrected chi connectivity index (χ0v) is 12.6. The Morgan fingerprint density at radius 2 is 2.15 bits per heavy atom. The Morgan fingerprint density at radius 1 is 1.40 bits per heavy atom. The van der Waals surface area contributed by atoms with Gasteiger partial charge in [0, 0.05) is 24.3 Å². The number of anilines is 1. The van der Waals surface area contributed by atoms with Crippen LogP contribution in [-0.4, -0.2) is 36.1 Å². The van der Waals surface area contributed by atoms with Crippen LogP contribution in [0.2, 0.25) is 0 Å². The average molecular weight is 310 g/mol. The number of benzene rings is 1. The first-order valence-electron chi connectivity index (χ1n) is 6.25. The third-order valence-electron chi connectivity index (χ3n) is 2.83. The van der Waals surface area contributed by atoms with Gasteiger partial charge in [0.15, 0.2) is 16.6 Å². The summed E-state index contributed by atoms with van der Waals surface area (Å²) >= 11 is 3.10. The number of hydrogen-bond acceptors (Lipinski definition) is 6. The molecular weight excluding hydrogens is 296 g/mol. The van der Waals surface area contributed by atoms with Crippen molar-refractivity contribution in [2.75, 3.05) is 30.5 Å². The van der Waals surface area contributed by atoms with Crippen molar-refractivity contribution >= 4 is 44.4 Å². The number of ether oxygens (including phenoxy) is 2. The number of carbonyl (C=O) groups excluding carboxylic acids is 1. The van der Waals surface area contributed by atoms with Crippen LogP contribution < -0.4 is 14.8 Å². The van der Waals surface area contributed by atoms with Crippen LogP contribution in [0.4, 0.5) is 5.13 Å². The summed E-state index contributed by atoms with van der Waals surface area (Å²) in [6, 6.07) is 3.77. The summed E-state index contributed by atoms with van der Waals surface area (Å²) < 4.78 is 12.0. The van der Waals surface area contributed by atoms with E-state index in [1.807, 2.05) is 18.4 Å². The van der Waals surface area contributed by atoms with Gasteiger partial charge in [-0.3, -0.25) is 4.79 Å². The lowest BCUT2D eigenvalue weighted by Crippen LogP contribution is -2.15. The Kier molecular flexibility index (Phi) is 3.98. The number of rotatable bonds is 4. The first kappa shape index (κ1) is 13.5. The van der Waals surface area contributed by atoms with Crippen LogP contribution in [0.25, 0.3) is 10.2 Å². The Hall–Kier alpha value is -1.47. The normalized spacial score (nSPS) is 13.4. The zero-order valence-electron chi connectivity index (χ0n) is 11.0. The molecule has 0 saturated carbocycles. The standard InChI is InChI=1S/C13H14N2O3S2/c1-19-5-2-12(16)15-13-14-8-6-9-10(7-11(8)20-13)18-4-3-17-9/h6-7H,2-5H2,1H3,(H,14,15,16). The van der Waals surface area contributed by atoms with Gasteiger partial charge in [-0.15, -0.1) is 0 Å². The highest BCUT2D eigenvalue weighted by atomic mass is 32.2. The van der Waals surface area contributed by atoms with Crippen LogP contribution in [0.3, 0.4) is 0 Å². The quantitative estimate of drug-likeness (QED) is 0.941. The Balaban J connectivity index is 1.81. The van der Waals surface area contributed by atoms with Crippen LogP contribution in [0, 0.1) is 0 Å². The van der Waals surface area contributed by atoms with Crippen molar-refractivity contribution in [3.63, 3.8) is 0 Å². The molecule has 1 aliphatic rings. The lowest BCUT2D eigenvalue weighted by atomic mass is 10.3. The number of carbonyl (C=O) groups is 1. The number of amides is 1. The summed E-state index contributed by atoms with van der Waals surface area (Å²) in [5.41, 5.74) is 0.819. The fraction of sp³-hybridized carbons (Fsp3) is 0.385. The predicted octanol–water partition coefficient (Wildman–Crippen LogP) is 2.76. The van der Waals surface area contributed by atoms with E-state index in [0.717, 1.165) is 21.7 Å². The minimum atomic E-state index is -0.00401. The minimum Gasteiger partial charge on any atom is -0.486 e. The van der Waals surface area contributed by atoms with Crippen molar-refractivity contribution in [1.29, 1.82) is 0 Å². The molecule has 20 heavy (non-hydrogen) atoms. The van der Waals surface area contributed by atoms with E-state index in [0.29, 0.717) is 30.5 Å². The number of nitrogens with zero attached hydrogens (tertiary/aromatic N) is 1. The lowest BCUT2D eigenvalue weighted by molar-refractivity contribution is -0.115. The molecule has 2 heterocycles. The van der Waals surface area contributed by atoms with Gasteiger partial charge in [-0.05, 0) is 6.26 Å². The molecule has 0 saturated heterocycles. The lowest BCUT2D eigenvalue weighted by Gasteiger charge is -2.17. The molecule has 1 aliphatic heterocycles. The molecule has 7 heteroatoms. The van der Waals surface area contributed by atoms with E-state index in [-0.39, 0.29) is 5.91 Å². The summed E-state index contributed by atoms with van der Waals surface area (Å²) in [6.07, 6.45) is 2.48. The molecule has 1 amide bonds. The fourth-order valence-electron chi connectivity index (χ4n) is 1.89. The summed E-state index contributed by atoms with van der Waals surface area (Å²) in [7, 11) is 0. The van der Waals surface area contributed by atoms with Gasteiger partial charge in [-0.2, -0.15) is 11.8 Å². The van der Waals surface area contributed by atoms with Crippen molar-refractivity contribution in [3.05, 3.63) is 12.1 Å². The molecule has 0 atom stereocenters. The van der Waals surface area contributed by atoms with Crippen molar-refractivity contribution in [2.24, 2.45) is 0 Å². The van der Waals surface area contributed by atoms with E-state index >= 15 is 0 Å². The number of fused-ring (bicyclic) bond motifs is 2. The van der Waals surface area contributed by atoms with Gasteiger partial charge in [-0.1, -0.05) is 11.3 Å². The second kappa shape index (κ2) is 5.88. The molecule has 0 unspecified atom stereocenters. The van der Waals surface area contributed by atoms with Gasteiger partial charge in [0.05, 0.1) is 10.2 Å². The number of aromatic nitrogens is 1. The molecule has 0 spiro atoms. The van der Waals surface area contributed by atoms with Crippen LogP contribution >= 0.6 is 23.1 Å². The van der Waals surface area contributed by atoms with E-state index in [4.69, 9.17) is 9.47 Å². The largest absolute Gasteiger partial charge is 0.486 e. The van der Waals surface area contributed by atoms with Gasteiger partial charge in [-0.25, -0.2) is 4.98 Å². The molecule has 1 aromatic heterocycles. The fourth-order valence-corrected chi connectivity index (χ4v) is 3.18. The number of thiazole rings is 1. The monoisotopic (exact) mass is 310 g/mol. The van der Waals surface area contributed by atoms with E-state index < -0.39 is 0 Å². The van der Waals surface area contributed by atoms with E-state index in [1.165, 1.54) is 11.3 Å². The van der Waals surface area contributed by atoms with Crippen molar-refractivity contribution in [2.45, 2.75) is 6.42 Å². The zero-order chi connectivity index (χ0) is 13.9. The predicted molar refractivity (Wildman–Crippen MR) is 82.2 cm³/mol. The topological polar surface area (TPSA) is 60.5 Å². The average Bonchev–Trinajstić information content (AvgIpc) is 2.83. The highest BCUT2D eigenvalue weighted by Gasteiger charge is 2.15. The van der Waals surface area contributed by atoms with Gasteiger partial charge in [0.25, 0.3) is 0 Å². The Morgan fingerprint density at radius 3 is 2.90 bits per heavy atom. The smallest absolute Gasteiger partial charge is 0.226 e. The molecule has 3 rings (SSSR count). The maximum absolute atomic E-state index is 11.7. The third kappa shape index (κ3) is 2.83. The maximum atomic E-state index is 11.7. The molecular formula is C13H14N2O3S2. The van der Waals surface area contributed by atoms with Gasteiger partial charge in [0.2, 0.25) is 5.91 Å². The van der Waals surface area contributed by atoms with Crippen molar-refractivity contribution in [3.8, 4) is 11.5 Å². The SMILES string of the molecule is CSCCC(=O)Nc1nc2cc3c(cc2s1)OCCO3. The highest BCUT2D eigenvalue weighted by Crippen LogP contribution is 2.37. The second-order valence-electron chi connectivity index (χ2n) is 4.27. The Bertz CT molecular complexity index is 599. The van der Waals surface area contributed by atoms with Crippen LogP contribution in [0.1, 0.15) is 6.42 Å². The molecule has 106 valence electrons. The maximum Gasteiger partial charge on any atom is 0.226 e. The van der Waals surface area contributed by atoms with Crippen LogP contribution in [0.5, 0.6) is 11.5 Å². The molecule has 0 bridgehead atoms. The molecule has 2 aromatic rings. The summed E-state index contributed by atoms with van der Waals surface area (Å²) in [4.78, 5) is 16.1. The number of hydrogen-bond donors (Lipinski definition) is 1. The summed E-state index contributed by atoms with van der Waals surface area (Å²) in [6.45, 7) is 1.12.